The van der Waals surface area contributed by atoms with Crippen molar-refractivity contribution in [2.45, 2.75) is 32.7 Å². The first-order chi connectivity index (χ1) is 9.54. The van der Waals surface area contributed by atoms with Crippen molar-refractivity contribution < 1.29 is 4.79 Å². The van der Waals surface area contributed by atoms with Gasteiger partial charge in [0.1, 0.15) is 0 Å². The van der Waals surface area contributed by atoms with E-state index in [0.717, 1.165) is 38.2 Å². The Balaban J connectivity index is 2.48. The first-order valence-corrected chi connectivity index (χ1v) is 7.30. The Labute approximate surface area is 122 Å². The molecular weight excluding hydrogens is 250 g/mol. The second-order valence-electron chi connectivity index (χ2n) is 5.37. The predicted molar refractivity (Wildman–Crippen MR) is 84.4 cm³/mol. The minimum atomic E-state index is 0.195. The number of para-hydroxylation sites is 1. The van der Waals surface area contributed by atoms with Gasteiger partial charge in [0, 0.05) is 32.7 Å². The topological polar surface area (TPSA) is 49.6 Å². The van der Waals surface area contributed by atoms with Gasteiger partial charge in [0.15, 0.2) is 0 Å². The van der Waals surface area contributed by atoms with Crippen LogP contribution in [0.2, 0.25) is 0 Å². The van der Waals surface area contributed by atoms with Crippen molar-refractivity contribution in [3.63, 3.8) is 0 Å². The van der Waals surface area contributed by atoms with Gasteiger partial charge in [-0.2, -0.15) is 0 Å². The number of benzene rings is 1. The summed E-state index contributed by atoms with van der Waals surface area (Å²) in [7, 11) is 3.60. The number of anilines is 1. The van der Waals surface area contributed by atoms with Crippen LogP contribution in [0.4, 0.5) is 5.69 Å². The predicted octanol–water partition coefficient (Wildman–Crippen LogP) is 2.35. The number of hydrogen-bond donors (Lipinski definition) is 1. The van der Waals surface area contributed by atoms with Crippen LogP contribution < -0.4 is 5.73 Å². The third-order valence-corrected chi connectivity index (χ3v) is 3.35. The fourth-order valence-corrected chi connectivity index (χ4v) is 2.18. The van der Waals surface area contributed by atoms with E-state index < -0.39 is 0 Å². The number of carbonyl (C=O) groups is 1. The lowest BCUT2D eigenvalue weighted by Crippen LogP contribution is -2.28. The van der Waals surface area contributed by atoms with Crippen molar-refractivity contribution in [1.82, 2.24) is 9.80 Å². The van der Waals surface area contributed by atoms with Gasteiger partial charge in [0.05, 0.1) is 0 Å². The van der Waals surface area contributed by atoms with E-state index in [9.17, 15) is 4.79 Å². The molecule has 112 valence electrons. The summed E-state index contributed by atoms with van der Waals surface area (Å²) in [6.07, 6.45) is 2.61. The molecule has 0 saturated heterocycles. The number of carbonyl (C=O) groups excluding carboxylic acids is 1. The van der Waals surface area contributed by atoms with Crippen LogP contribution in [0, 0.1) is 0 Å². The van der Waals surface area contributed by atoms with E-state index in [1.54, 1.807) is 19.0 Å². The van der Waals surface area contributed by atoms with E-state index in [1.165, 1.54) is 5.56 Å². The van der Waals surface area contributed by atoms with E-state index in [4.69, 9.17) is 5.73 Å². The molecule has 0 aliphatic carbocycles. The molecule has 1 aromatic rings. The molecule has 0 aliphatic heterocycles. The zero-order valence-corrected chi connectivity index (χ0v) is 12.9. The molecule has 1 aromatic carbocycles. The second kappa shape index (κ2) is 8.59. The third-order valence-electron chi connectivity index (χ3n) is 3.35. The highest BCUT2D eigenvalue weighted by atomic mass is 16.2. The van der Waals surface area contributed by atoms with Crippen molar-refractivity contribution in [1.29, 1.82) is 0 Å². The van der Waals surface area contributed by atoms with E-state index in [-0.39, 0.29) is 5.91 Å². The van der Waals surface area contributed by atoms with Crippen molar-refractivity contribution in [2.24, 2.45) is 0 Å². The van der Waals surface area contributed by atoms with E-state index in [1.807, 2.05) is 18.2 Å². The Bertz CT molecular complexity index is 418. The lowest BCUT2D eigenvalue weighted by atomic mass is 10.1. The summed E-state index contributed by atoms with van der Waals surface area (Å²) >= 11 is 0. The van der Waals surface area contributed by atoms with Crippen LogP contribution in [-0.4, -0.2) is 42.9 Å². The lowest BCUT2D eigenvalue weighted by molar-refractivity contribution is -0.128. The standard InChI is InChI=1S/C16H27N3O/c1-4-11-19(12-7-10-16(20)18(2)3)13-14-8-5-6-9-15(14)17/h5-6,8-9H,4,7,10-13,17H2,1-3H3. The molecule has 2 N–H and O–H groups in total. The van der Waals surface area contributed by atoms with Gasteiger partial charge in [-0.1, -0.05) is 25.1 Å². The summed E-state index contributed by atoms with van der Waals surface area (Å²) in [5.41, 5.74) is 8.01. The average molecular weight is 277 g/mol. The number of nitrogens with two attached hydrogens (primary N) is 1. The SMILES string of the molecule is CCCN(CCCC(=O)N(C)C)Cc1ccccc1N. The van der Waals surface area contributed by atoms with Crippen LogP contribution in [0.15, 0.2) is 24.3 Å². The second-order valence-corrected chi connectivity index (χ2v) is 5.37. The first kappa shape index (κ1) is 16.5. The van der Waals surface area contributed by atoms with E-state index in [2.05, 4.69) is 17.9 Å². The highest BCUT2D eigenvalue weighted by Gasteiger charge is 2.09. The molecule has 1 rings (SSSR count). The van der Waals surface area contributed by atoms with Gasteiger partial charge in [-0.05, 0) is 37.6 Å². The summed E-state index contributed by atoms with van der Waals surface area (Å²) in [4.78, 5) is 15.6. The zero-order valence-electron chi connectivity index (χ0n) is 12.9. The molecule has 20 heavy (non-hydrogen) atoms. The smallest absolute Gasteiger partial charge is 0.222 e. The number of nitrogen functional groups attached to an aromatic ring is 1. The van der Waals surface area contributed by atoms with Crippen LogP contribution in [0.1, 0.15) is 31.7 Å². The van der Waals surface area contributed by atoms with Gasteiger partial charge >= 0.3 is 0 Å². The first-order valence-electron chi connectivity index (χ1n) is 7.30. The van der Waals surface area contributed by atoms with Crippen LogP contribution in [0.3, 0.4) is 0 Å². The van der Waals surface area contributed by atoms with Gasteiger partial charge in [-0.15, -0.1) is 0 Å². The van der Waals surface area contributed by atoms with E-state index >= 15 is 0 Å². The lowest BCUT2D eigenvalue weighted by Gasteiger charge is -2.22. The minimum absolute atomic E-state index is 0.195. The largest absolute Gasteiger partial charge is 0.398 e. The third kappa shape index (κ3) is 5.61. The Kier molecular flexibility index (Phi) is 7.09. The van der Waals surface area contributed by atoms with Gasteiger partial charge in [-0.3, -0.25) is 9.69 Å². The Morgan fingerprint density at radius 2 is 1.90 bits per heavy atom. The molecule has 0 heterocycles. The van der Waals surface area contributed by atoms with Crippen LogP contribution in [-0.2, 0) is 11.3 Å². The van der Waals surface area contributed by atoms with Crippen LogP contribution >= 0.6 is 0 Å². The average Bonchev–Trinajstić information content (AvgIpc) is 2.41. The van der Waals surface area contributed by atoms with Gasteiger partial charge in [-0.25, -0.2) is 0 Å². The zero-order chi connectivity index (χ0) is 15.0. The maximum atomic E-state index is 11.6. The molecule has 1 amide bonds. The quantitative estimate of drug-likeness (QED) is 0.742. The molecule has 0 aliphatic rings. The summed E-state index contributed by atoms with van der Waals surface area (Å²) < 4.78 is 0. The molecule has 0 radical (unpaired) electrons. The minimum Gasteiger partial charge on any atom is -0.398 e. The maximum absolute atomic E-state index is 11.6. The number of rotatable bonds is 8. The molecular formula is C16H27N3O. The van der Waals surface area contributed by atoms with Gasteiger partial charge in [0.25, 0.3) is 0 Å². The fraction of sp³-hybridized carbons (Fsp3) is 0.562. The van der Waals surface area contributed by atoms with Crippen LogP contribution in [0.5, 0.6) is 0 Å². The monoisotopic (exact) mass is 277 g/mol. The van der Waals surface area contributed by atoms with Crippen molar-refractivity contribution in [3.8, 4) is 0 Å². The Morgan fingerprint density at radius 1 is 1.20 bits per heavy atom. The highest BCUT2D eigenvalue weighted by Crippen LogP contribution is 2.14. The summed E-state index contributed by atoms with van der Waals surface area (Å²) in [6, 6.07) is 7.99. The number of nitrogens with zero attached hydrogens (tertiary/aromatic N) is 2. The summed E-state index contributed by atoms with van der Waals surface area (Å²) in [5.74, 6) is 0.195. The molecule has 4 nitrogen and oxygen atoms in total. The van der Waals surface area contributed by atoms with Crippen molar-refractivity contribution >= 4 is 11.6 Å². The number of amides is 1. The molecule has 0 saturated carbocycles. The summed E-state index contributed by atoms with van der Waals surface area (Å²) in [6.45, 7) is 5.00. The fourth-order valence-electron chi connectivity index (χ4n) is 2.18. The molecule has 0 atom stereocenters. The van der Waals surface area contributed by atoms with Crippen molar-refractivity contribution in [2.75, 3.05) is 32.9 Å². The molecule has 0 unspecified atom stereocenters. The Morgan fingerprint density at radius 3 is 2.50 bits per heavy atom. The molecule has 0 aromatic heterocycles. The van der Waals surface area contributed by atoms with Crippen LogP contribution in [0.25, 0.3) is 0 Å². The molecule has 4 heteroatoms. The molecule has 0 spiro atoms. The maximum Gasteiger partial charge on any atom is 0.222 e. The molecule has 0 bridgehead atoms. The molecule has 0 fully saturated rings. The Hall–Kier alpha value is -1.55. The van der Waals surface area contributed by atoms with Gasteiger partial charge in [0.2, 0.25) is 5.91 Å². The number of hydrogen-bond acceptors (Lipinski definition) is 3. The normalized spacial score (nSPS) is 10.8. The van der Waals surface area contributed by atoms with Crippen molar-refractivity contribution in [3.05, 3.63) is 29.8 Å². The van der Waals surface area contributed by atoms with Gasteiger partial charge < -0.3 is 10.6 Å². The summed E-state index contributed by atoms with van der Waals surface area (Å²) in [5, 5.41) is 0. The van der Waals surface area contributed by atoms with E-state index in [0.29, 0.717) is 6.42 Å². The highest BCUT2D eigenvalue weighted by molar-refractivity contribution is 5.75.